The van der Waals surface area contributed by atoms with Gasteiger partial charge in [0.25, 0.3) is 0 Å². The number of halogens is 1. The number of nitrogens with zero attached hydrogens (tertiary/aromatic N) is 6. The molecule has 0 unspecified atom stereocenters. The number of hydrogen-bond acceptors (Lipinski definition) is 6. The van der Waals surface area contributed by atoms with E-state index in [-0.39, 0.29) is 11.9 Å². The van der Waals surface area contributed by atoms with Crippen LogP contribution in [0.15, 0.2) is 36.5 Å². The third-order valence-electron chi connectivity index (χ3n) is 5.70. The van der Waals surface area contributed by atoms with E-state index in [1.54, 1.807) is 10.9 Å². The molecule has 1 atom stereocenters. The molecule has 0 saturated heterocycles. The van der Waals surface area contributed by atoms with Gasteiger partial charge < -0.3 is 10.5 Å². The van der Waals surface area contributed by atoms with Crippen LogP contribution in [0.25, 0.3) is 16.8 Å². The normalized spacial score (nSPS) is 14.8. The largest absolute Gasteiger partial charge is 0.482 e. The minimum Gasteiger partial charge on any atom is -0.482 e. The molecule has 3 aromatic heterocycles. The zero-order valence-corrected chi connectivity index (χ0v) is 18.6. The second-order valence-corrected chi connectivity index (χ2v) is 8.27. The second kappa shape index (κ2) is 7.39. The Morgan fingerprint density at radius 2 is 2.06 bits per heavy atom. The molecule has 1 aliphatic heterocycles. The summed E-state index contributed by atoms with van der Waals surface area (Å²) in [5.74, 6) is 0.721. The quantitative estimate of drug-likeness (QED) is 0.436. The maximum atomic E-state index is 9.74. The lowest BCUT2D eigenvalue weighted by atomic mass is 10.0. The van der Waals surface area contributed by atoms with Crippen LogP contribution >= 0.6 is 11.6 Å². The van der Waals surface area contributed by atoms with E-state index in [0.29, 0.717) is 34.1 Å². The minimum atomic E-state index is -0.344. The molecular formula is C23H20ClN7O. The minimum absolute atomic E-state index is 0.277. The molecule has 0 spiro atoms. The first-order valence-electron chi connectivity index (χ1n) is 10.1. The number of nitrogen functional groups attached to an aromatic ring is 1. The SMILES string of the molecule is Cc1ccc2c(c1)[C@@H](C)Oc1cc(cnc1N)-c1c(C#N)nn(C)c1Cc1cc(Cl)nn1-2. The summed E-state index contributed by atoms with van der Waals surface area (Å²) in [6, 6.07) is 11.9. The molecule has 0 saturated carbocycles. The Morgan fingerprint density at radius 1 is 1.25 bits per heavy atom. The van der Waals surface area contributed by atoms with Crippen molar-refractivity contribution in [2.75, 3.05) is 5.73 Å². The van der Waals surface area contributed by atoms with Gasteiger partial charge in [-0.2, -0.15) is 15.5 Å². The maximum absolute atomic E-state index is 9.74. The highest BCUT2D eigenvalue weighted by Gasteiger charge is 2.25. The number of hydrogen-bond donors (Lipinski definition) is 1. The molecule has 4 aromatic rings. The van der Waals surface area contributed by atoms with Crippen molar-refractivity contribution in [3.8, 4) is 28.6 Å². The average Bonchev–Trinajstić information content (AvgIpc) is 3.28. The molecule has 32 heavy (non-hydrogen) atoms. The predicted octanol–water partition coefficient (Wildman–Crippen LogP) is 4.13. The van der Waals surface area contributed by atoms with Crippen LogP contribution in [0.3, 0.4) is 0 Å². The molecule has 0 fully saturated rings. The molecular weight excluding hydrogens is 426 g/mol. The van der Waals surface area contributed by atoms with Gasteiger partial charge in [-0.05, 0) is 32.0 Å². The van der Waals surface area contributed by atoms with Crippen molar-refractivity contribution in [3.05, 3.63) is 69.9 Å². The Morgan fingerprint density at radius 3 is 2.84 bits per heavy atom. The van der Waals surface area contributed by atoms with E-state index in [0.717, 1.165) is 28.2 Å². The van der Waals surface area contributed by atoms with E-state index >= 15 is 0 Å². The highest BCUT2D eigenvalue weighted by molar-refractivity contribution is 6.29. The van der Waals surface area contributed by atoms with E-state index in [9.17, 15) is 5.26 Å². The summed E-state index contributed by atoms with van der Waals surface area (Å²) in [6.45, 7) is 3.99. The summed E-state index contributed by atoms with van der Waals surface area (Å²) in [6.07, 6.45) is 1.76. The second-order valence-electron chi connectivity index (χ2n) is 7.88. The molecule has 1 aromatic carbocycles. The Bertz CT molecular complexity index is 1410. The van der Waals surface area contributed by atoms with Gasteiger partial charge in [0.15, 0.2) is 22.4 Å². The number of aromatic nitrogens is 5. The number of aryl methyl sites for hydroxylation is 2. The summed E-state index contributed by atoms with van der Waals surface area (Å²) in [4.78, 5) is 4.34. The Hall–Kier alpha value is -3.83. The number of nitriles is 1. The Balaban J connectivity index is 1.85. The third kappa shape index (κ3) is 3.18. The summed E-state index contributed by atoms with van der Waals surface area (Å²) in [5, 5.41) is 19.1. The van der Waals surface area contributed by atoms with Crippen molar-refractivity contribution in [2.45, 2.75) is 26.4 Å². The average molecular weight is 446 g/mol. The molecule has 2 bridgehead atoms. The van der Waals surface area contributed by atoms with Gasteiger partial charge in [0.2, 0.25) is 0 Å². The van der Waals surface area contributed by atoms with Gasteiger partial charge in [-0.15, -0.1) is 0 Å². The Labute approximate surface area is 189 Å². The molecule has 0 amide bonds. The van der Waals surface area contributed by atoms with Crippen LogP contribution in [-0.4, -0.2) is 24.5 Å². The van der Waals surface area contributed by atoms with Crippen molar-refractivity contribution >= 4 is 17.4 Å². The topological polar surface area (TPSA) is 108 Å². The molecule has 1 aliphatic rings. The number of ether oxygens (including phenoxy) is 1. The number of rotatable bonds is 0. The van der Waals surface area contributed by atoms with Gasteiger partial charge in [-0.1, -0.05) is 29.3 Å². The zero-order chi connectivity index (χ0) is 22.6. The van der Waals surface area contributed by atoms with Crippen molar-refractivity contribution in [2.24, 2.45) is 7.05 Å². The van der Waals surface area contributed by atoms with Gasteiger partial charge in [0.1, 0.15) is 12.2 Å². The van der Waals surface area contributed by atoms with Crippen LogP contribution in [0.4, 0.5) is 5.82 Å². The smallest absolute Gasteiger partial charge is 0.170 e. The predicted molar refractivity (Wildman–Crippen MR) is 121 cm³/mol. The summed E-state index contributed by atoms with van der Waals surface area (Å²) >= 11 is 6.35. The van der Waals surface area contributed by atoms with E-state index in [4.69, 9.17) is 22.1 Å². The van der Waals surface area contributed by atoms with Crippen LogP contribution in [-0.2, 0) is 13.5 Å². The van der Waals surface area contributed by atoms with Crippen LogP contribution in [0.2, 0.25) is 5.15 Å². The van der Waals surface area contributed by atoms with E-state index in [1.807, 2.05) is 49.8 Å². The summed E-state index contributed by atoms with van der Waals surface area (Å²) < 4.78 is 9.82. The lowest BCUT2D eigenvalue weighted by Crippen LogP contribution is -2.14. The van der Waals surface area contributed by atoms with Crippen molar-refractivity contribution in [3.63, 3.8) is 0 Å². The van der Waals surface area contributed by atoms with Gasteiger partial charge in [0.05, 0.1) is 17.1 Å². The van der Waals surface area contributed by atoms with Gasteiger partial charge in [-0.3, -0.25) is 4.68 Å². The fourth-order valence-corrected chi connectivity index (χ4v) is 4.37. The number of pyridine rings is 1. The number of fused-ring (bicyclic) bond motifs is 7. The van der Waals surface area contributed by atoms with E-state index in [1.165, 1.54) is 0 Å². The van der Waals surface area contributed by atoms with Crippen LogP contribution in [0.1, 0.15) is 41.2 Å². The van der Waals surface area contributed by atoms with Gasteiger partial charge >= 0.3 is 0 Å². The monoisotopic (exact) mass is 445 g/mol. The number of benzene rings is 1. The third-order valence-corrected chi connectivity index (χ3v) is 5.88. The highest BCUT2D eigenvalue weighted by Crippen LogP contribution is 2.37. The first-order valence-corrected chi connectivity index (χ1v) is 10.5. The summed E-state index contributed by atoms with van der Waals surface area (Å²) in [5.41, 5.74) is 12.4. The molecule has 0 aliphatic carbocycles. The lowest BCUT2D eigenvalue weighted by molar-refractivity contribution is 0.227. The molecule has 4 heterocycles. The lowest BCUT2D eigenvalue weighted by Gasteiger charge is -2.22. The van der Waals surface area contributed by atoms with Crippen LogP contribution in [0.5, 0.6) is 5.75 Å². The van der Waals surface area contributed by atoms with E-state index < -0.39 is 0 Å². The Kier molecular flexibility index (Phi) is 4.64. The first-order chi connectivity index (χ1) is 15.4. The molecule has 5 rings (SSSR count). The molecule has 9 heteroatoms. The maximum Gasteiger partial charge on any atom is 0.170 e. The standard InChI is InChI=1S/C23H20ClN7O/c1-12-4-5-18-16(6-12)13(2)32-20-7-14(11-27-23(20)26)22-17(10-25)28-30(3)19(22)8-15-9-21(24)29-31(15)18/h4-7,9,11,13H,8H2,1-3H3,(H2,26,27)/t13-/m1/s1. The first kappa shape index (κ1) is 20.1. The van der Waals surface area contributed by atoms with Gasteiger partial charge in [0, 0.05) is 36.4 Å². The van der Waals surface area contributed by atoms with Crippen molar-refractivity contribution in [1.82, 2.24) is 24.5 Å². The zero-order valence-electron chi connectivity index (χ0n) is 17.8. The fraction of sp³-hybridized carbons (Fsp3) is 0.217. The number of nitrogens with two attached hydrogens (primary N) is 1. The van der Waals surface area contributed by atoms with E-state index in [2.05, 4.69) is 27.3 Å². The van der Waals surface area contributed by atoms with Crippen LogP contribution < -0.4 is 10.5 Å². The van der Waals surface area contributed by atoms with Gasteiger partial charge in [-0.25, -0.2) is 9.67 Å². The highest BCUT2D eigenvalue weighted by atomic mass is 35.5. The van der Waals surface area contributed by atoms with Crippen molar-refractivity contribution < 1.29 is 4.74 Å². The summed E-state index contributed by atoms with van der Waals surface area (Å²) in [7, 11) is 1.81. The molecule has 2 N–H and O–H groups in total. The van der Waals surface area contributed by atoms with Crippen molar-refractivity contribution in [1.29, 1.82) is 5.26 Å². The molecule has 8 nitrogen and oxygen atoms in total. The molecule has 0 radical (unpaired) electrons. The number of anilines is 1. The molecule has 160 valence electrons. The van der Waals surface area contributed by atoms with Crippen LogP contribution in [0, 0.1) is 18.3 Å². The fourth-order valence-electron chi connectivity index (χ4n) is 4.17.